The summed E-state index contributed by atoms with van der Waals surface area (Å²) in [4.78, 5) is 24.6. The van der Waals surface area contributed by atoms with E-state index in [0.29, 0.717) is 11.3 Å². The third kappa shape index (κ3) is 4.28. The van der Waals surface area contributed by atoms with Gasteiger partial charge in [-0.25, -0.2) is 8.42 Å². The van der Waals surface area contributed by atoms with Crippen molar-refractivity contribution in [2.45, 2.75) is 30.8 Å². The standard InChI is InChI=1S/C24H23N3O4S/c1-16-6-12-21(13-7-16)32(30,31)27-15-19-5-3-2-4-18(19)14-22(27)24(29)26-20-10-8-17(9-11-20)23(25)28/h2-13,22H,14-15H2,1H3,(H2,25,28)(H,26,29)/t22-/m0/s1. The third-order valence-electron chi connectivity index (χ3n) is 5.57. The Kier molecular flexibility index (Phi) is 5.82. The van der Waals surface area contributed by atoms with Gasteiger partial charge in [-0.1, -0.05) is 42.0 Å². The molecule has 2 amide bonds. The van der Waals surface area contributed by atoms with Crippen LogP contribution in [-0.2, 0) is 27.8 Å². The summed E-state index contributed by atoms with van der Waals surface area (Å²) in [6.07, 6.45) is 0.256. The number of benzene rings is 3. The molecule has 0 aromatic heterocycles. The van der Waals surface area contributed by atoms with Gasteiger partial charge in [0.25, 0.3) is 0 Å². The molecule has 0 radical (unpaired) electrons. The van der Waals surface area contributed by atoms with Crippen molar-refractivity contribution in [1.29, 1.82) is 0 Å². The number of amides is 2. The van der Waals surface area contributed by atoms with Crippen LogP contribution in [0.2, 0.25) is 0 Å². The van der Waals surface area contributed by atoms with Gasteiger partial charge in [0.05, 0.1) is 4.90 Å². The van der Waals surface area contributed by atoms with Gasteiger partial charge in [-0.05, 0) is 60.9 Å². The number of primary amides is 1. The molecule has 4 rings (SSSR count). The first-order valence-electron chi connectivity index (χ1n) is 10.1. The summed E-state index contributed by atoms with van der Waals surface area (Å²) in [5.74, 6) is -1.01. The second-order valence-corrected chi connectivity index (χ2v) is 9.67. The molecule has 1 aliphatic rings. The largest absolute Gasteiger partial charge is 0.366 e. The number of hydrogen-bond donors (Lipinski definition) is 2. The van der Waals surface area contributed by atoms with Crippen LogP contribution in [0.5, 0.6) is 0 Å². The van der Waals surface area contributed by atoms with E-state index in [1.54, 1.807) is 36.4 Å². The average molecular weight is 450 g/mol. The number of carbonyl (C=O) groups is 2. The van der Waals surface area contributed by atoms with Gasteiger partial charge >= 0.3 is 0 Å². The molecule has 3 N–H and O–H groups in total. The lowest BCUT2D eigenvalue weighted by Gasteiger charge is -2.35. The van der Waals surface area contributed by atoms with Gasteiger partial charge in [0.2, 0.25) is 21.8 Å². The van der Waals surface area contributed by atoms with Crippen LogP contribution in [0.3, 0.4) is 0 Å². The zero-order valence-electron chi connectivity index (χ0n) is 17.5. The van der Waals surface area contributed by atoms with E-state index in [1.165, 1.54) is 16.4 Å². The first-order valence-corrected chi connectivity index (χ1v) is 11.6. The molecule has 0 saturated heterocycles. The molecule has 1 atom stereocenters. The molecule has 3 aromatic carbocycles. The smallest absolute Gasteiger partial charge is 0.248 e. The highest BCUT2D eigenvalue weighted by molar-refractivity contribution is 7.89. The van der Waals surface area contributed by atoms with Crippen molar-refractivity contribution in [1.82, 2.24) is 4.31 Å². The van der Waals surface area contributed by atoms with Crippen molar-refractivity contribution in [3.8, 4) is 0 Å². The normalized spacial score (nSPS) is 16.2. The monoisotopic (exact) mass is 449 g/mol. The average Bonchev–Trinajstić information content (AvgIpc) is 2.78. The number of aryl methyl sites for hydroxylation is 1. The van der Waals surface area contributed by atoms with E-state index in [1.807, 2.05) is 31.2 Å². The zero-order valence-corrected chi connectivity index (χ0v) is 18.3. The van der Waals surface area contributed by atoms with Gasteiger partial charge in [0.15, 0.2) is 0 Å². The lowest BCUT2D eigenvalue weighted by Crippen LogP contribution is -2.50. The van der Waals surface area contributed by atoms with Crippen LogP contribution < -0.4 is 11.1 Å². The lowest BCUT2D eigenvalue weighted by atomic mass is 9.95. The van der Waals surface area contributed by atoms with Crippen LogP contribution in [0.25, 0.3) is 0 Å². The van der Waals surface area contributed by atoms with Gasteiger partial charge in [0, 0.05) is 17.8 Å². The third-order valence-corrected chi connectivity index (χ3v) is 7.44. The number of nitrogens with zero attached hydrogens (tertiary/aromatic N) is 1. The second-order valence-electron chi connectivity index (χ2n) is 7.78. The Labute approximate surface area is 186 Å². The van der Waals surface area contributed by atoms with E-state index in [2.05, 4.69) is 5.32 Å². The van der Waals surface area contributed by atoms with Crippen molar-refractivity contribution in [2.75, 3.05) is 5.32 Å². The van der Waals surface area contributed by atoms with Crippen molar-refractivity contribution in [3.63, 3.8) is 0 Å². The predicted molar refractivity (Wildman–Crippen MR) is 121 cm³/mol. The summed E-state index contributed by atoms with van der Waals surface area (Å²) in [6.45, 7) is 1.98. The summed E-state index contributed by atoms with van der Waals surface area (Å²) < 4.78 is 28.2. The number of carbonyl (C=O) groups excluding carboxylic acids is 2. The highest BCUT2D eigenvalue weighted by atomic mass is 32.2. The van der Waals surface area contributed by atoms with Crippen molar-refractivity contribution >= 4 is 27.5 Å². The quantitative estimate of drug-likeness (QED) is 0.624. The molecule has 0 bridgehead atoms. The molecule has 8 heteroatoms. The van der Waals surface area contributed by atoms with Crippen molar-refractivity contribution in [3.05, 3.63) is 95.1 Å². The van der Waals surface area contributed by atoms with Crippen LogP contribution in [0.1, 0.15) is 27.0 Å². The summed E-state index contributed by atoms with van der Waals surface area (Å²) in [6, 6.07) is 19.3. The van der Waals surface area contributed by atoms with E-state index in [0.717, 1.165) is 16.7 Å². The number of sulfonamides is 1. The van der Waals surface area contributed by atoms with Crippen LogP contribution in [-0.4, -0.2) is 30.6 Å². The van der Waals surface area contributed by atoms with E-state index < -0.39 is 27.9 Å². The van der Waals surface area contributed by atoms with Gasteiger partial charge in [-0.2, -0.15) is 4.31 Å². The molecule has 32 heavy (non-hydrogen) atoms. The lowest BCUT2D eigenvalue weighted by molar-refractivity contribution is -0.120. The Morgan fingerprint density at radius 2 is 1.56 bits per heavy atom. The number of nitrogens with one attached hydrogen (secondary N) is 1. The van der Waals surface area contributed by atoms with Crippen LogP contribution in [0, 0.1) is 6.92 Å². The maximum Gasteiger partial charge on any atom is 0.248 e. The first kappa shape index (κ1) is 21.7. The number of nitrogens with two attached hydrogens (primary N) is 1. The molecular weight excluding hydrogens is 426 g/mol. The fourth-order valence-electron chi connectivity index (χ4n) is 3.76. The molecule has 1 heterocycles. The van der Waals surface area contributed by atoms with E-state index in [9.17, 15) is 18.0 Å². The summed E-state index contributed by atoms with van der Waals surface area (Å²) >= 11 is 0. The van der Waals surface area contributed by atoms with Gasteiger partial charge < -0.3 is 11.1 Å². The maximum atomic E-state index is 13.5. The van der Waals surface area contributed by atoms with Gasteiger partial charge in [-0.15, -0.1) is 0 Å². The van der Waals surface area contributed by atoms with E-state index >= 15 is 0 Å². The zero-order chi connectivity index (χ0) is 22.9. The van der Waals surface area contributed by atoms with Crippen LogP contribution in [0.15, 0.2) is 77.7 Å². The molecule has 7 nitrogen and oxygen atoms in total. The molecule has 0 saturated carbocycles. The molecule has 0 aliphatic carbocycles. The predicted octanol–water partition coefficient (Wildman–Crippen LogP) is 2.85. The molecule has 1 aliphatic heterocycles. The second kappa shape index (κ2) is 8.57. The Balaban J connectivity index is 1.67. The summed E-state index contributed by atoms with van der Waals surface area (Å²) in [7, 11) is -3.91. The highest BCUT2D eigenvalue weighted by Crippen LogP contribution is 2.30. The molecule has 3 aromatic rings. The van der Waals surface area contributed by atoms with Crippen molar-refractivity contribution in [2.24, 2.45) is 5.73 Å². The van der Waals surface area contributed by atoms with Gasteiger partial charge in [-0.3, -0.25) is 9.59 Å². The Morgan fingerprint density at radius 3 is 2.19 bits per heavy atom. The first-order chi connectivity index (χ1) is 15.3. The SMILES string of the molecule is Cc1ccc(S(=O)(=O)N2Cc3ccccc3C[C@H]2C(=O)Nc2ccc(C(N)=O)cc2)cc1. The molecule has 0 fully saturated rings. The Bertz CT molecular complexity index is 1270. The minimum atomic E-state index is -3.91. The van der Waals surface area contributed by atoms with Gasteiger partial charge in [0.1, 0.15) is 6.04 Å². The molecule has 0 spiro atoms. The van der Waals surface area contributed by atoms with E-state index in [4.69, 9.17) is 5.73 Å². The van der Waals surface area contributed by atoms with Crippen LogP contribution >= 0.6 is 0 Å². The number of hydrogen-bond acceptors (Lipinski definition) is 4. The Hall–Kier alpha value is -3.49. The summed E-state index contributed by atoms with van der Waals surface area (Å²) in [5, 5.41) is 2.77. The fourth-order valence-corrected chi connectivity index (χ4v) is 5.33. The fraction of sp³-hybridized carbons (Fsp3) is 0.167. The number of anilines is 1. The van der Waals surface area contributed by atoms with E-state index in [-0.39, 0.29) is 17.9 Å². The van der Waals surface area contributed by atoms with Crippen molar-refractivity contribution < 1.29 is 18.0 Å². The maximum absolute atomic E-state index is 13.5. The minimum absolute atomic E-state index is 0.102. The minimum Gasteiger partial charge on any atom is -0.366 e. The molecule has 0 unspecified atom stereocenters. The topological polar surface area (TPSA) is 110 Å². The number of rotatable bonds is 5. The highest BCUT2D eigenvalue weighted by Gasteiger charge is 2.39. The van der Waals surface area contributed by atoms with Crippen LogP contribution in [0.4, 0.5) is 5.69 Å². The Morgan fingerprint density at radius 1 is 0.938 bits per heavy atom. The molecule has 164 valence electrons. The summed E-state index contributed by atoms with van der Waals surface area (Å²) in [5.41, 5.74) is 8.78. The molecular formula is C24H23N3O4S. The number of fused-ring (bicyclic) bond motifs is 1.